The maximum atomic E-state index is 14.1. The van der Waals surface area contributed by atoms with Gasteiger partial charge in [0.05, 0.1) is 12.7 Å². The molecule has 164 valence electrons. The number of pyridine rings is 1. The molecule has 1 aromatic carbocycles. The highest BCUT2D eigenvalue weighted by atomic mass is 19.1. The molecule has 2 aromatic heterocycles. The number of aryl methyl sites for hydroxylation is 1. The smallest absolute Gasteiger partial charge is 0.270 e. The second-order valence-electron chi connectivity index (χ2n) is 8.27. The molecule has 0 aliphatic carbocycles. The summed E-state index contributed by atoms with van der Waals surface area (Å²) in [4.78, 5) is 42.8. The van der Waals surface area contributed by atoms with E-state index < -0.39 is 17.1 Å². The van der Waals surface area contributed by atoms with Crippen molar-refractivity contribution in [2.24, 2.45) is 12.5 Å². The average molecular weight is 435 g/mol. The molecule has 0 saturated carbocycles. The van der Waals surface area contributed by atoms with E-state index in [-0.39, 0.29) is 30.5 Å². The second-order valence-corrected chi connectivity index (χ2v) is 8.27. The molecule has 1 saturated heterocycles. The highest BCUT2D eigenvalue weighted by Gasteiger charge is 2.46. The maximum absolute atomic E-state index is 14.1. The standard InChI is InChI=1S/C23H22FN5O3/c1-23(2)20(30)13-29(22(23)32)18-4-5-25-19(9-18)21(31)26-10-14-6-15(8-17(24)7-14)16-11-27-28(3)12-16/h4-9,11-12H,10,13H2,1-3H3,(H,26,31). The molecule has 0 atom stereocenters. The van der Waals surface area contributed by atoms with E-state index in [1.54, 1.807) is 50.1 Å². The first-order valence-electron chi connectivity index (χ1n) is 10.0. The van der Waals surface area contributed by atoms with Gasteiger partial charge in [-0.15, -0.1) is 0 Å². The maximum Gasteiger partial charge on any atom is 0.270 e. The summed E-state index contributed by atoms with van der Waals surface area (Å²) < 4.78 is 15.7. The summed E-state index contributed by atoms with van der Waals surface area (Å²) in [5, 5.41) is 6.81. The van der Waals surface area contributed by atoms with Crippen molar-refractivity contribution in [2.45, 2.75) is 20.4 Å². The van der Waals surface area contributed by atoms with Crippen molar-refractivity contribution < 1.29 is 18.8 Å². The molecule has 1 aliphatic rings. The van der Waals surface area contributed by atoms with Gasteiger partial charge in [-0.1, -0.05) is 0 Å². The highest BCUT2D eigenvalue weighted by Crippen LogP contribution is 2.31. The van der Waals surface area contributed by atoms with Crippen molar-refractivity contribution in [3.63, 3.8) is 0 Å². The predicted molar refractivity (Wildman–Crippen MR) is 115 cm³/mol. The molecule has 1 fully saturated rings. The van der Waals surface area contributed by atoms with Gasteiger partial charge in [-0.2, -0.15) is 5.10 Å². The fourth-order valence-corrected chi connectivity index (χ4v) is 3.55. The van der Waals surface area contributed by atoms with Crippen LogP contribution in [0.25, 0.3) is 11.1 Å². The number of Topliss-reactive ketones (excluding diaryl/α,β-unsaturated/α-hetero) is 1. The zero-order valence-electron chi connectivity index (χ0n) is 17.9. The minimum atomic E-state index is -1.09. The lowest BCUT2D eigenvalue weighted by molar-refractivity contribution is -0.132. The van der Waals surface area contributed by atoms with Crippen LogP contribution in [0.4, 0.5) is 10.1 Å². The third-order valence-corrected chi connectivity index (χ3v) is 5.52. The van der Waals surface area contributed by atoms with Crippen LogP contribution >= 0.6 is 0 Å². The van der Waals surface area contributed by atoms with Crippen molar-refractivity contribution in [3.05, 3.63) is 66.0 Å². The molecule has 0 unspecified atom stereocenters. The number of aromatic nitrogens is 3. The van der Waals surface area contributed by atoms with E-state index in [0.29, 0.717) is 16.8 Å². The number of carbonyl (C=O) groups is 3. The molecule has 8 nitrogen and oxygen atoms in total. The molecule has 3 heterocycles. The van der Waals surface area contributed by atoms with E-state index in [0.717, 1.165) is 5.56 Å². The number of nitrogens with one attached hydrogen (secondary N) is 1. The van der Waals surface area contributed by atoms with Crippen molar-refractivity contribution in [3.8, 4) is 11.1 Å². The molecule has 1 aliphatic heterocycles. The van der Waals surface area contributed by atoms with E-state index in [2.05, 4.69) is 15.4 Å². The van der Waals surface area contributed by atoms with E-state index in [1.807, 2.05) is 0 Å². The van der Waals surface area contributed by atoms with Crippen LogP contribution in [0.1, 0.15) is 29.9 Å². The number of amides is 2. The summed E-state index contributed by atoms with van der Waals surface area (Å²) in [7, 11) is 1.78. The van der Waals surface area contributed by atoms with Crippen molar-refractivity contribution in [2.75, 3.05) is 11.4 Å². The molecule has 3 aromatic rings. The Morgan fingerprint density at radius 2 is 1.97 bits per heavy atom. The Bertz CT molecular complexity index is 1230. The van der Waals surface area contributed by atoms with Crippen LogP contribution in [0, 0.1) is 11.2 Å². The van der Waals surface area contributed by atoms with E-state index in [4.69, 9.17) is 0 Å². The minimum Gasteiger partial charge on any atom is -0.347 e. The van der Waals surface area contributed by atoms with Gasteiger partial charge in [-0.3, -0.25) is 24.0 Å². The van der Waals surface area contributed by atoms with Crippen molar-refractivity contribution in [1.82, 2.24) is 20.1 Å². The molecule has 0 radical (unpaired) electrons. The van der Waals surface area contributed by atoms with Crippen LogP contribution in [0.15, 0.2) is 48.9 Å². The van der Waals surface area contributed by atoms with Crippen molar-refractivity contribution in [1.29, 1.82) is 0 Å². The summed E-state index contributed by atoms with van der Waals surface area (Å²) in [6.07, 6.45) is 4.83. The Balaban J connectivity index is 1.49. The first-order valence-corrected chi connectivity index (χ1v) is 10.0. The monoisotopic (exact) mass is 435 g/mol. The SMILES string of the molecule is Cn1cc(-c2cc(F)cc(CNC(=O)c3cc(N4CC(=O)C(C)(C)C4=O)ccn3)c2)cn1. The Hall–Kier alpha value is -3.88. The Kier molecular flexibility index (Phi) is 5.33. The van der Waals surface area contributed by atoms with Crippen LogP contribution in [0.2, 0.25) is 0 Å². The van der Waals surface area contributed by atoms with Gasteiger partial charge in [-0.05, 0) is 55.3 Å². The summed E-state index contributed by atoms with van der Waals surface area (Å²) in [5.41, 5.74) is 1.43. The molecular formula is C23H22FN5O3. The number of anilines is 1. The molecule has 1 N–H and O–H groups in total. The normalized spacial score (nSPS) is 15.3. The molecule has 9 heteroatoms. The van der Waals surface area contributed by atoms with Crippen LogP contribution in [0.3, 0.4) is 0 Å². The van der Waals surface area contributed by atoms with Gasteiger partial charge in [0, 0.05) is 37.2 Å². The van der Waals surface area contributed by atoms with Crippen molar-refractivity contribution >= 4 is 23.3 Å². The summed E-state index contributed by atoms with van der Waals surface area (Å²) >= 11 is 0. The lowest BCUT2D eigenvalue weighted by Crippen LogP contribution is -2.32. The van der Waals surface area contributed by atoms with Gasteiger partial charge >= 0.3 is 0 Å². The lowest BCUT2D eigenvalue weighted by atomic mass is 9.91. The summed E-state index contributed by atoms with van der Waals surface area (Å²) in [6.45, 7) is 3.22. The molecule has 32 heavy (non-hydrogen) atoms. The zero-order valence-corrected chi connectivity index (χ0v) is 17.9. The summed E-state index contributed by atoms with van der Waals surface area (Å²) in [5.74, 6) is -1.39. The third-order valence-electron chi connectivity index (χ3n) is 5.52. The first kappa shape index (κ1) is 21.4. The Labute approximate surface area is 184 Å². The van der Waals surface area contributed by atoms with Gasteiger partial charge in [0.25, 0.3) is 5.91 Å². The van der Waals surface area contributed by atoms with Crippen LogP contribution < -0.4 is 10.2 Å². The number of benzene rings is 1. The largest absolute Gasteiger partial charge is 0.347 e. The van der Waals surface area contributed by atoms with E-state index >= 15 is 0 Å². The number of ketones is 1. The van der Waals surface area contributed by atoms with Crippen LogP contribution in [0.5, 0.6) is 0 Å². The van der Waals surface area contributed by atoms with Crippen LogP contribution in [-0.2, 0) is 23.2 Å². The minimum absolute atomic E-state index is 0.0443. The fourth-order valence-electron chi connectivity index (χ4n) is 3.55. The topological polar surface area (TPSA) is 97.2 Å². The lowest BCUT2D eigenvalue weighted by Gasteiger charge is -2.18. The highest BCUT2D eigenvalue weighted by molar-refractivity contribution is 6.20. The van der Waals surface area contributed by atoms with Gasteiger partial charge in [0.1, 0.15) is 16.9 Å². The number of carbonyl (C=O) groups excluding carboxylic acids is 3. The molecular weight excluding hydrogens is 413 g/mol. The van der Waals surface area contributed by atoms with Crippen LogP contribution in [-0.4, -0.2) is 38.9 Å². The van der Waals surface area contributed by atoms with Gasteiger partial charge < -0.3 is 10.2 Å². The predicted octanol–water partition coefficient (Wildman–Crippen LogP) is 2.49. The molecule has 0 spiro atoms. The number of nitrogens with zero attached hydrogens (tertiary/aromatic N) is 4. The van der Waals surface area contributed by atoms with Gasteiger partial charge in [0.15, 0.2) is 5.78 Å². The molecule has 0 bridgehead atoms. The third kappa shape index (κ3) is 4.01. The molecule has 4 rings (SSSR count). The van der Waals surface area contributed by atoms with E-state index in [9.17, 15) is 18.8 Å². The average Bonchev–Trinajstić information content (AvgIpc) is 3.28. The fraction of sp³-hybridized carbons (Fsp3) is 0.261. The summed E-state index contributed by atoms with van der Waals surface area (Å²) in [6, 6.07) is 7.58. The Morgan fingerprint density at radius 3 is 2.62 bits per heavy atom. The van der Waals surface area contributed by atoms with Gasteiger partial charge in [-0.25, -0.2) is 4.39 Å². The quantitative estimate of drug-likeness (QED) is 0.621. The second kappa shape index (κ2) is 7.99. The Morgan fingerprint density at radius 1 is 1.19 bits per heavy atom. The van der Waals surface area contributed by atoms with Gasteiger partial charge in [0.2, 0.25) is 5.91 Å². The first-order chi connectivity index (χ1) is 15.1. The zero-order chi connectivity index (χ0) is 23.0. The number of hydrogen-bond donors (Lipinski definition) is 1. The number of halogens is 1. The molecule has 2 amide bonds. The van der Waals surface area contributed by atoms with E-state index in [1.165, 1.54) is 29.3 Å². The number of hydrogen-bond acceptors (Lipinski definition) is 5. The number of rotatable bonds is 5.